The summed E-state index contributed by atoms with van der Waals surface area (Å²) in [6, 6.07) is 6.65. The molecular weight excluding hydrogens is 272 g/mol. The summed E-state index contributed by atoms with van der Waals surface area (Å²) in [5.74, 6) is 1.23. The van der Waals surface area contributed by atoms with Crippen molar-refractivity contribution in [2.24, 2.45) is 0 Å². The molecule has 1 aromatic heterocycles. The minimum Gasteiger partial charge on any atom is -0.424 e. The lowest BCUT2D eigenvalue weighted by Gasteiger charge is -2.16. The Bertz CT molecular complexity index is 628. The van der Waals surface area contributed by atoms with Crippen molar-refractivity contribution in [3.05, 3.63) is 46.8 Å². The second-order valence-corrected chi connectivity index (χ2v) is 5.40. The summed E-state index contributed by atoms with van der Waals surface area (Å²) in [6.07, 6.45) is 6.59. The van der Waals surface area contributed by atoms with Crippen molar-refractivity contribution in [3.8, 4) is 11.8 Å². The second kappa shape index (κ2) is 5.80. The SMILES string of the molecule is Cc1nc(Oc2ccc3c(c2)CCCC3)ncc1CCl. The molecule has 0 unspecified atom stereocenters. The van der Waals surface area contributed by atoms with Crippen LogP contribution < -0.4 is 4.74 Å². The van der Waals surface area contributed by atoms with Crippen molar-refractivity contribution in [2.75, 3.05) is 0 Å². The van der Waals surface area contributed by atoms with Gasteiger partial charge in [-0.15, -0.1) is 11.6 Å². The molecule has 0 atom stereocenters. The van der Waals surface area contributed by atoms with Crippen molar-refractivity contribution >= 4 is 11.6 Å². The van der Waals surface area contributed by atoms with Crippen LogP contribution in [0.2, 0.25) is 0 Å². The highest BCUT2D eigenvalue weighted by Gasteiger charge is 2.11. The van der Waals surface area contributed by atoms with Crippen LogP contribution in [0.1, 0.15) is 35.2 Å². The second-order valence-electron chi connectivity index (χ2n) is 5.14. The quantitative estimate of drug-likeness (QED) is 0.794. The van der Waals surface area contributed by atoms with Crippen LogP contribution in [-0.4, -0.2) is 9.97 Å². The van der Waals surface area contributed by atoms with Gasteiger partial charge in [0.15, 0.2) is 0 Å². The summed E-state index contributed by atoms with van der Waals surface area (Å²) in [5, 5.41) is 0. The lowest BCUT2D eigenvalue weighted by Crippen LogP contribution is -2.03. The van der Waals surface area contributed by atoms with E-state index in [0.717, 1.165) is 23.4 Å². The Morgan fingerprint density at radius 3 is 2.75 bits per heavy atom. The van der Waals surface area contributed by atoms with E-state index in [1.807, 2.05) is 13.0 Å². The average Bonchev–Trinajstić information content (AvgIpc) is 2.47. The molecule has 0 spiro atoms. The molecule has 1 aromatic carbocycles. The average molecular weight is 289 g/mol. The summed E-state index contributed by atoms with van der Waals surface area (Å²) in [7, 11) is 0. The van der Waals surface area contributed by atoms with Gasteiger partial charge in [0.2, 0.25) is 0 Å². The monoisotopic (exact) mass is 288 g/mol. The summed E-state index contributed by atoms with van der Waals surface area (Å²) in [5.41, 5.74) is 4.63. The first-order chi connectivity index (χ1) is 9.76. The maximum Gasteiger partial charge on any atom is 0.322 e. The third-order valence-corrected chi connectivity index (χ3v) is 4.02. The predicted octanol–water partition coefficient (Wildman–Crippen LogP) is 4.19. The molecule has 1 aliphatic rings. The zero-order chi connectivity index (χ0) is 13.9. The lowest BCUT2D eigenvalue weighted by molar-refractivity contribution is 0.438. The molecule has 104 valence electrons. The van der Waals surface area contributed by atoms with Crippen LogP contribution in [0.5, 0.6) is 11.8 Å². The van der Waals surface area contributed by atoms with Crippen LogP contribution in [0, 0.1) is 6.92 Å². The smallest absolute Gasteiger partial charge is 0.322 e. The van der Waals surface area contributed by atoms with Crippen molar-refractivity contribution < 1.29 is 4.74 Å². The van der Waals surface area contributed by atoms with E-state index in [-0.39, 0.29) is 0 Å². The number of halogens is 1. The normalized spacial score (nSPS) is 13.9. The minimum absolute atomic E-state index is 0.382. The zero-order valence-electron chi connectivity index (χ0n) is 11.5. The maximum absolute atomic E-state index is 5.80. The molecule has 0 bridgehead atoms. The lowest BCUT2D eigenvalue weighted by atomic mass is 9.92. The summed E-state index contributed by atoms with van der Waals surface area (Å²) in [6.45, 7) is 1.92. The number of aryl methyl sites for hydroxylation is 3. The number of alkyl halides is 1. The third kappa shape index (κ3) is 2.78. The van der Waals surface area contributed by atoms with E-state index >= 15 is 0 Å². The number of aromatic nitrogens is 2. The minimum atomic E-state index is 0.382. The van der Waals surface area contributed by atoms with Crippen LogP contribution in [0.4, 0.5) is 0 Å². The third-order valence-electron chi connectivity index (χ3n) is 3.73. The van der Waals surface area contributed by atoms with Gasteiger partial charge >= 0.3 is 6.01 Å². The number of ether oxygens (including phenoxy) is 1. The van der Waals surface area contributed by atoms with E-state index in [2.05, 4.69) is 22.1 Å². The molecule has 0 saturated carbocycles. The van der Waals surface area contributed by atoms with Crippen molar-refractivity contribution in [1.82, 2.24) is 9.97 Å². The molecule has 0 radical (unpaired) electrons. The molecule has 1 heterocycles. The maximum atomic E-state index is 5.80. The van der Waals surface area contributed by atoms with E-state index in [4.69, 9.17) is 16.3 Å². The number of rotatable bonds is 3. The molecule has 0 amide bonds. The number of hydrogen-bond donors (Lipinski definition) is 0. The summed E-state index contributed by atoms with van der Waals surface area (Å²) < 4.78 is 5.76. The Balaban J connectivity index is 1.82. The van der Waals surface area contributed by atoms with Crippen molar-refractivity contribution in [3.63, 3.8) is 0 Å². The Kier molecular flexibility index (Phi) is 3.88. The van der Waals surface area contributed by atoms with Crippen molar-refractivity contribution in [1.29, 1.82) is 0 Å². The Labute approximate surface area is 124 Å². The zero-order valence-corrected chi connectivity index (χ0v) is 12.3. The number of hydrogen-bond acceptors (Lipinski definition) is 3. The van der Waals surface area contributed by atoms with Crippen LogP contribution in [0.3, 0.4) is 0 Å². The first kappa shape index (κ1) is 13.4. The molecule has 0 fully saturated rings. The molecule has 4 heteroatoms. The highest BCUT2D eigenvalue weighted by molar-refractivity contribution is 6.17. The van der Waals surface area contributed by atoms with Gasteiger partial charge in [-0.2, -0.15) is 4.98 Å². The van der Waals surface area contributed by atoms with Gasteiger partial charge in [-0.05, 0) is 55.9 Å². The fraction of sp³-hybridized carbons (Fsp3) is 0.375. The van der Waals surface area contributed by atoms with E-state index in [1.54, 1.807) is 6.20 Å². The molecule has 0 N–H and O–H groups in total. The van der Waals surface area contributed by atoms with E-state index < -0.39 is 0 Å². The standard InChI is InChI=1S/C16H17ClN2O/c1-11-14(9-17)10-18-16(19-11)20-15-7-6-12-4-2-3-5-13(12)8-15/h6-8,10H,2-5,9H2,1H3. The van der Waals surface area contributed by atoms with Gasteiger partial charge in [0.05, 0.1) is 5.88 Å². The highest BCUT2D eigenvalue weighted by Crippen LogP contribution is 2.27. The van der Waals surface area contributed by atoms with Gasteiger partial charge in [0.1, 0.15) is 5.75 Å². The number of nitrogens with zero attached hydrogens (tertiary/aromatic N) is 2. The Morgan fingerprint density at radius 2 is 2.00 bits per heavy atom. The van der Waals surface area contributed by atoms with Gasteiger partial charge < -0.3 is 4.74 Å². The predicted molar refractivity (Wildman–Crippen MR) is 79.5 cm³/mol. The molecule has 0 aliphatic heterocycles. The van der Waals surface area contributed by atoms with Gasteiger partial charge in [-0.25, -0.2) is 4.98 Å². The highest BCUT2D eigenvalue weighted by atomic mass is 35.5. The van der Waals surface area contributed by atoms with Gasteiger partial charge in [-0.1, -0.05) is 6.07 Å². The molecular formula is C16H17ClN2O. The topological polar surface area (TPSA) is 35.0 Å². The van der Waals surface area contributed by atoms with E-state index in [0.29, 0.717) is 11.9 Å². The molecule has 0 saturated heterocycles. The fourth-order valence-corrected chi connectivity index (χ4v) is 2.79. The molecule has 3 nitrogen and oxygen atoms in total. The molecule has 3 rings (SSSR count). The molecule has 20 heavy (non-hydrogen) atoms. The largest absolute Gasteiger partial charge is 0.424 e. The van der Waals surface area contributed by atoms with Crippen LogP contribution >= 0.6 is 11.6 Å². The van der Waals surface area contributed by atoms with Crippen LogP contribution in [0.15, 0.2) is 24.4 Å². The molecule has 2 aromatic rings. The summed E-state index contributed by atoms with van der Waals surface area (Å²) in [4.78, 5) is 8.53. The van der Waals surface area contributed by atoms with Crippen LogP contribution in [-0.2, 0) is 18.7 Å². The van der Waals surface area contributed by atoms with E-state index in [1.165, 1.54) is 30.4 Å². The summed E-state index contributed by atoms with van der Waals surface area (Å²) >= 11 is 5.80. The van der Waals surface area contributed by atoms with Gasteiger partial charge in [0, 0.05) is 17.5 Å². The van der Waals surface area contributed by atoms with Gasteiger partial charge in [-0.3, -0.25) is 0 Å². The Morgan fingerprint density at radius 1 is 1.20 bits per heavy atom. The Hall–Kier alpha value is -1.61. The first-order valence-corrected chi connectivity index (χ1v) is 7.48. The van der Waals surface area contributed by atoms with Crippen molar-refractivity contribution in [2.45, 2.75) is 38.5 Å². The number of benzene rings is 1. The van der Waals surface area contributed by atoms with Gasteiger partial charge in [0.25, 0.3) is 0 Å². The fourth-order valence-electron chi connectivity index (χ4n) is 2.53. The van der Waals surface area contributed by atoms with E-state index in [9.17, 15) is 0 Å². The van der Waals surface area contributed by atoms with Crippen LogP contribution in [0.25, 0.3) is 0 Å². The molecule has 1 aliphatic carbocycles. The number of fused-ring (bicyclic) bond motifs is 1. The first-order valence-electron chi connectivity index (χ1n) is 6.94.